The quantitative estimate of drug-likeness (QED) is 0.598. The second-order valence-electron chi connectivity index (χ2n) is 11.2. The summed E-state index contributed by atoms with van der Waals surface area (Å²) < 4.78 is 13.1. The molecule has 2 atom stereocenters. The second-order valence-corrected chi connectivity index (χ2v) is 11.2. The number of hydrogen-bond donors (Lipinski definition) is 0. The van der Waals surface area contributed by atoms with E-state index in [1.165, 1.54) is 58.3 Å². The summed E-state index contributed by atoms with van der Waals surface area (Å²) in [5, 5.41) is 4.95. The van der Waals surface area contributed by atoms with Crippen LogP contribution in [0.5, 0.6) is 11.5 Å². The molecule has 1 saturated heterocycles. The van der Waals surface area contributed by atoms with E-state index in [0.29, 0.717) is 23.6 Å². The molecule has 2 aliphatic heterocycles. The fourth-order valence-corrected chi connectivity index (χ4v) is 6.71. The van der Waals surface area contributed by atoms with Gasteiger partial charge in [-0.05, 0) is 76.0 Å². The molecule has 1 aliphatic carbocycles. The van der Waals surface area contributed by atoms with Gasteiger partial charge in [0.2, 0.25) is 0 Å². The van der Waals surface area contributed by atoms with E-state index in [0.717, 1.165) is 41.5 Å². The van der Waals surface area contributed by atoms with Crippen molar-refractivity contribution in [1.29, 1.82) is 0 Å². The molecule has 7 heteroatoms. The lowest BCUT2D eigenvalue weighted by molar-refractivity contribution is 0.0475. The average molecular weight is 482 g/mol. The van der Waals surface area contributed by atoms with Crippen LogP contribution in [0.25, 0.3) is 11.4 Å². The smallest absolute Gasteiger partial charge is 0.181 e. The Morgan fingerprint density at radius 3 is 2.29 bits per heavy atom. The van der Waals surface area contributed by atoms with Gasteiger partial charge in [0.25, 0.3) is 0 Å². The number of aromatic nitrogens is 3. The summed E-state index contributed by atoms with van der Waals surface area (Å²) in [7, 11) is 3.33. The van der Waals surface area contributed by atoms with Crippen molar-refractivity contribution >= 4 is 0 Å². The van der Waals surface area contributed by atoms with Gasteiger partial charge in [0, 0.05) is 56.3 Å². The van der Waals surface area contributed by atoms with Crippen molar-refractivity contribution in [2.45, 2.75) is 77.4 Å². The fourth-order valence-electron chi connectivity index (χ4n) is 6.71. The zero-order valence-electron chi connectivity index (χ0n) is 22.2. The highest BCUT2D eigenvalue weighted by atomic mass is 16.5. The molecule has 0 radical (unpaired) electrons. The van der Waals surface area contributed by atoms with E-state index in [4.69, 9.17) is 19.6 Å². The third-order valence-electron chi connectivity index (χ3n) is 8.85. The van der Waals surface area contributed by atoms with Gasteiger partial charge in [0.15, 0.2) is 17.3 Å². The van der Waals surface area contributed by atoms with E-state index in [9.17, 15) is 0 Å². The van der Waals surface area contributed by atoms with Crippen LogP contribution >= 0.6 is 0 Å². The van der Waals surface area contributed by atoms with Crippen molar-refractivity contribution < 1.29 is 9.47 Å². The van der Waals surface area contributed by atoms with Crippen LogP contribution < -0.4 is 9.47 Å². The standard InChI is InChI=1S/C28H43N5O2/c1-19(2)31-12-14-32(15-13-31)24-9-6-21(7-10-24)23-16-20(3)28-29-27(30-33(28)18-23)22-8-11-25(34-4)26(17-22)35-5/h8,11,17,19-21,23-24H,6-7,9-10,12-16,18H2,1-5H3. The molecule has 5 rings (SSSR count). The Bertz CT molecular complexity index is 989. The van der Waals surface area contributed by atoms with Gasteiger partial charge in [-0.15, -0.1) is 0 Å². The van der Waals surface area contributed by atoms with Crippen LogP contribution in [-0.2, 0) is 6.54 Å². The van der Waals surface area contributed by atoms with Crippen LogP contribution in [0, 0.1) is 11.8 Å². The minimum Gasteiger partial charge on any atom is -0.493 e. The molecule has 0 amide bonds. The molecule has 2 unspecified atom stereocenters. The van der Waals surface area contributed by atoms with E-state index < -0.39 is 0 Å². The zero-order valence-corrected chi connectivity index (χ0v) is 22.2. The Morgan fingerprint density at radius 1 is 0.914 bits per heavy atom. The Labute approximate surface area is 210 Å². The van der Waals surface area contributed by atoms with Gasteiger partial charge in [-0.2, -0.15) is 5.10 Å². The molecule has 2 aromatic rings. The van der Waals surface area contributed by atoms with Gasteiger partial charge >= 0.3 is 0 Å². The van der Waals surface area contributed by atoms with Crippen LogP contribution in [0.4, 0.5) is 0 Å². The molecule has 3 heterocycles. The summed E-state index contributed by atoms with van der Waals surface area (Å²) in [6.07, 6.45) is 6.67. The van der Waals surface area contributed by atoms with Gasteiger partial charge in [0.1, 0.15) is 5.82 Å². The van der Waals surface area contributed by atoms with E-state index in [-0.39, 0.29) is 0 Å². The van der Waals surface area contributed by atoms with Gasteiger partial charge in [-0.1, -0.05) is 6.92 Å². The first-order chi connectivity index (χ1) is 17.0. The van der Waals surface area contributed by atoms with Gasteiger partial charge in [-0.3, -0.25) is 9.80 Å². The van der Waals surface area contributed by atoms with E-state index >= 15 is 0 Å². The second kappa shape index (κ2) is 10.5. The Balaban J connectivity index is 1.21. The lowest BCUT2D eigenvalue weighted by atomic mass is 9.73. The van der Waals surface area contributed by atoms with Crippen LogP contribution in [0.2, 0.25) is 0 Å². The van der Waals surface area contributed by atoms with Crippen LogP contribution in [0.15, 0.2) is 18.2 Å². The molecule has 1 aromatic heterocycles. The number of hydrogen-bond acceptors (Lipinski definition) is 6. The summed E-state index contributed by atoms with van der Waals surface area (Å²) in [6.45, 7) is 12.9. The molecule has 192 valence electrons. The summed E-state index contributed by atoms with van der Waals surface area (Å²) in [4.78, 5) is 10.4. The van der Waals surface area contributed by atoms with E-state index in [2.05, 4.69) is 35.3 Å². The van der Waals surface area contributed by atoms with Crippen molar-refractivity contribution in [3.05, 3.63) is 24.0 Å². The zero-order chi connectivity index (χ0) is 24.5. The Kier molecular flexibility index (Phi) is 7.35. The molecule has 3 aliphatic rings. The number of rotatable bonds is 6. The summed E-state index contributed by atoms with van der Waals surface area (Å²) in [5.41, 5.74) is 0.978. The predicted octanol–water partition coefficient (Wildman–Crippen LogP) is 4.67. The molecule has 2 fully saturated rings. The maximum Gasteiger partial charge on any atom is 0.181 e. The predicted molar refractivity (Wildman–Crippen MR) is 139 cm³/mol. The van der Waals surface area contributed by atoms with Gasteiger partial charge < -0.3 is 9.47 Å². The molecule has 0 bridgehead atoms. The van der Waals surface area contributed by atoms with Crippen molar-refractivity contribution in [1.82, 2.24) is 24.6 Å². The molecular formula is C28H43N5O2. The highest BCUT2D eigenvalue weighted by Gasteiger charge is 2.36. The van der Waals surface area contributed by atoms with Crippen LogP contribution in [-0.4, -0.2) is 77.0 Å². The summed E-state index contributed by atoms with van der Waals surface area (Å²) in [5.74, 6) is 5.32. The first-order valence-electron chi connectivity index (χ1n) is 13.6. The Morgan fingerprint density at radius 2 is 1.63 bits per heavy atom. The van der Waals surface area contributed by atoms with Crippen molar-refractivity contribution in [2.75, 3.05) is 40.4 Å². The first-order valence-corrected chi connectivity index (χ1v) is 13.6. The number of fused-ring (bicyclic) bond motifs is 1. The van der Waals surface area contributed by atoms with Gasteiger partial charge in [0.05, 0.1) is 14.2 Å². The highest BCUT2D eigenvalue weighted by Crippen LogP contribution is 2.41. The minimum atomic E-state index is 0.442. The first kappa shape index (κ1) is 24.6. The summed E-state index contributed by atoms with van der Waals surface area (Å²) in [6, 6.07) is 7.40. The lowest BCUT2D eigenvalue weighted by Gasteiger charge is -2.44. The third kappa shape index (κ3) is 5.08. The lowest BCUT2D eigenvalue weighted by Crippen LogP contribution is -2.52. The van der Waals surface area contributed by atoms with E-state index in [1.807, 2.05) is 18.2 Å². The highest BCUT2D eigenvalue weighted by molar-refractivity contribution is 5.61. The SMILES string of the molecule is COc1ccc(-c2nc3n(n2)CC(C2CCC(N4CCN(C(C)C)CC4)CC2)CC3C)cc1OC. The molecule has 1 aromatic carbocycles. The number of benzene rings is 1. The van der Waals surface area contributed by atoms with Crippen molar-refractivity contribution in [3.63, 3.8) is 0 Å². The third-order valence-corrected chi connectivity index (χ3v) is 8.85. The van der Waals surface area contributed by atoms with Crippen LogP contribution in [0.1, 0.15) is 64.6 Å². The average Bonchev–Trinajstić information content (AvgIpc) is 3.33. The number of nitrogens with zero attached hydrogens (tertiary/aromatic N) is 5. The van der Waals surface area contributed by atoms with Crippen LogP contribution in [0.3, 0.4) is 0 Å². The van der Waals surface area contributed by atoms with Gasteiger partial charge in [-0.25, -0.2) is 9.67 Å². The largest absolute Gasteiger partial charge is 0.493 e. The topological polar surface area (TPSA) is 55.7 Å². The molecular weight excluding hydrogens is 438 g/mol. The monoisotopic (exact) mass is 481 g/mol. The number of methoxy groups -OCH3 is 2. The van der Waals surface area contributed by atoms with Crippen molar-refractivity contribution in [2.24, 2.45) is 11.8 Å². The number of piperazine rings is 1. The fraction of sp³-hybridized carbons (Fsp3) is 0.714. The molecule has 1 saturated carbocycles. The number of ether oxygens (including phenoxy) is 2. The maximum absolute atomic E-state index is 5.49. The Hall–Kier alpha value is -2.12. The minimum absolute atomic E-state index is 0.442. The summed E-state index contributed by atoms with van der Waals surface area (Å²) >= 11 is 0. The molecule has 35 heavy (non-hydrogen) atoms. The molecule has 7 nitrogen and oxygen atoms in total. The maximum atomic E-state index is 5.49. The molecule has 0 N–H and O–H groups in total. The molecule has 0 spiro atoms. The van der Waals surface area contributed by atoms with E-state index in [1.54, 1.807) is 14.2 Å². The normalized spacial score (nSPS) is 28.2. The van der Waals surface area contributed by atoms with Crippen molar-refractivity contribution in [3.8, 4) is 22.9 Å².